The van der Waals surface area contributed by atoms with Crippen molar-refractivity contribution in [1.82, 2.24) is 4.98 Å². The number of hydrogen-bond acceptors (Lipinski definition) is 6. The minimum absolute atomic E-state index is 0.0526. The molecule has 0 atom stereocenters. The molecule has 9 heteroatoms. The Balaban J connectivity index is 1.31. The van der Waals surface area contributed by atoms with Gasteiger partial charge in [-0.2, -0.15) is 0 Å². The lowest BCUT2D eigenvalue weighted by Crippen LogP contribution is -2.15. The van der Waals surface area contributed by atoms with Gasteiger partial charge in [0, 0.05) is 35.7 Å². The van der Waals surface area contributed by atoms with Crippen LogP contribution in [0.2, 0.25) is 0 Å². The zero-order valence-electron chi connectivity index (χ0n) is 17.3. The molecule has 1 heterocycles. The molecule has 0 spiro atoms. The molecular weight excluding hydrogens is 446 g/mol. The topological polar surface area (TPSA) is 105 Å². The predicted molar refractivity (Wildman–Crippen MR) is 125 cm³/mol. The fraction of sp³-hybridized carbons (Fsp3) is 0.261. The molecule has 3 aromatic rings. The smallest absolute Gasteiger partial charge is 0.263 e. The number of hydrogen-bond donors (Lipinski definition) is 2. The molecule has 0 saturated heterocycles. The summed E-state index contributed by atoms with van der Waals surface area (Å²) >= 11 is 1.18. The molecule has 0 aliphatic heterocycles. The first-order valence-corrected chi connectivity index (χ1v) is 12.7. The average molecular weight is 470 g/mol. The molecule has 1 aliphatic carbocycles. The molecule has 0 saturated carbocycles. The van der Waals surface area contributed by atoms with E-state index in [1.54, 1.807) is 5.38 Å². The van der Waals surface area contributed by atoms with Crippen molar-refractivity contribution in [3.63, 3.8) is 0 Å². The average Bonchev–Trinajstić information content (AvgIpc) is 3.30. The van der Waals surface area contributed by atoms with Crippen molar-refractivity contribution in [2.75, 3.05) is 10.0 Å². The van der Waals surface area contributed by atoms with E-state index in [1.807, 2.05) is 18.2 Å². The monoisotopic (exact) mass is 469 g/mol. The van der Waals surface area contributed by atoms with Crippen LogP contribution in [0.3, 0.4) is 0 Å². The van der Waals surface area contributed by atoms with Gasteiger partial charge in [0.25, 0.3) is 10.0 Å². The summed E-state index contributed by atoms with van der Waals surface area (Å²) < 4.78 is 27.1. The van der Waals surface area contributed by atoms with Crippen LogP contribution in [0.1, 0.15) is 47.2 Å². The summed E-state index contributed by atoms with van der Waals surface area (Å²) in [6.45, 7) is 0. The predicted octanol–water partition coefficient (Wildman–Crippen LogP) is 4.42. The van der Waals surface area contributed by atoms with Crippen molar-refractivity contribution in [2.24, 2.45) is 0 Å². The van der Waals surface area contributed by atoms with Crippen molar-refractivity contribution in [1.29, 1.82) is 0 Å². The van der Waals surface area contributed by atoms with Crippen LogP contribution in [0.15, 0.2) is 58.9 Å². The molecule has 1 aliphatic rings. The van der Waals surface area contributed by atoms with E-state index in [4.69, 9.17) is 0 Å². The molecule has 0 fully saturated rings. The number of rotatable bonds is 8. The third-order valence-corrected chi connectivity index (χ3v) is 7.52. The number of aryl methyl sites for hydroxylation is 2. The number of Topliss-reactive ketones (excluding diaryl/α,β-unsaturated/α-hetero) is 1. The molecule has 2 aromatic carbocycles. The molecule has 0 bridgehead atoms. The molecule has 166 valence electrons. The molecule has 1 aromatic heterocycles. The van der Waals surface area contributed by atoms with Crippen molar-refractivity contribution in [2.45, 2.75) is 43.4 Å². The Labute approximate surface area is 191 Å². The number of thiazole rings is 1. The fourth-order valence-electron chi connectivity index (χ4n) is 3.67. The highest BCUT2D eigenvalue weighted by Gasteiger charge is 2.16. The van der Waals surface area contributed by atoms with Gasteiger partial charge in [0.2, 0.25) is 5.91 Å². The Bertz CT molecular complexity index is 1220. The summed E-state index contributed by atoms with van der Waals surface area (Å²) in [4.78, 5) is 28.8. The number of amides is 1. The second-order valence-corrected chi connectivity index (χ2v) is 10.2. The highest BCUT2D eigenvalue weighted by atomic mass is 32.2. The number of ketones is 1. The number of sulfonamides is 1. The van der Waals surface area contributed by atoms with Crippen LogP contribution in [0.25, 0.3) is 0 Å². The molecule has 4 rings (SSSR count). The zero-order chi connectivity index (χ0) is 22.6. The van der Waals surface area contributed by atoms with Crippen molar-refractivity contribution in [3.05, 3.63) is 70.7 Å². The molecule has 0 unspecified atom stereocenters. The van der Waals surface area contributed by atoms with Gasteiger partial charge in [-0.3, -0.25) is 14.3 Å². The second kappa shape index (κ2) is 9.62. The standard InChI is InChI=1S/C23H23N3O4S2/c27-21(18-6-5-16-3-1-2-4-17(16)15-18)11-12-22(28)25-19-7-9-20(10-8-19)32(29,30)26-23-24-13-14-31-23/h5-10,13-15H,1-4,11-12H2,(H,24,26)(H,25,28). The van der Waals surface area contributed by atoms with E-state index in [9.17, 15) is 18.0 Å². The Kier molecular flexibility index (Phi) is 6.66. The highest BCUT2D eigenvalue weighted by Crippen LogP contribution is 2.23. The highest BCUT2D eigenvalue weighted by molar-refractivity contribution is 7.93. The van der Waals surface area contributed by atoms with Crippen LogP contribution in [0, 0.1) is 0 Å². The molecule has 2 N–H and O–H groups in total. The van der Waals surface area contributed by atoms with Crippen molar-refractivity contribution in [3.8, 4) is 0 Å². The lowest BCUT2D eigenvalue weighted by Gasteiger charge is -2.16. The van der Waals surface area contributed by atoms with Gasteiger partial charge in [0.1, 0.15) is 0 Å². The third kappa shape index (κ3) is 5.41. The lowest BCUT2D eigenvalue weighted by molar-refractivity contribution is -0.116. The van der Waals surface area contributed by atoms with Crippen LogP contribution < -0.4 is 10.0 Å². The normalized spacial score (nSPS) is 13.2. The summed E-state index contributed by atoms with van der Waals surface area (Å²) in [5, 5.41) is 4.66. The first-order valence-electron chi connectivity index (χ1n) is 10.4. The number of benzene rings is 2. The van der Waals surface area contributed by atoms with Crippen LogP contribution in [0.4, 0.5) is 10.8 Å². The number of carbonyl (C=O) groups excluding carboxylic acids is 2. The van der Waals surface area contributed by atoms with Gasteiger partial charge in [-0.25, -0.2) is 13.4 Å². The van der Waals surface area contributed by atoms with Gasteiger partial charge in [0.15, 0.2) is 10.9 Å². The number of aromatic nitrogens is 1. The minimum Gasteiger partial charge on any atom is -0.326 e. The van der Waals surface area contributed by atoms with E-state index < -0.39 is 10.0 Å². The Morgan fingerprint density at radius 1 is 0.969 bits per heavy atom. The van der Waals surface area contributed by atoms with E-state index in [0.29, 0.717) is 11.3 Å². The van der Waals surface area contributed by atoms with E-state index in [1.165, 1.54) is 59.3 Å². The van der Waals surface area contributed by atoms with Crippen LogP contribution >= 0.6 is 11.3 Å². The second-order valence-electron chi connectivity index (χ2n) is 7.63. The first-order chi connectivity index (χ1) is 15.4. The molecular formula is C23H23N3O4S2. The number of nitrogens with zero attached hydrogens (tertiary/aromatic N) is 1. The SMILES string of the molecule is O=C(CCC(=O)c1ccc2c(c1)CCCC2)Nc1ccc(S(=O)(=O)Nc2nccs2)cc1. The maximum atomic E-state index is 12.5. The van der Waals surface area contributed by atoms with Crippen LogP contribution in [-0.4, -0.2) is 25.1 Å². The summed E-state index contributed by atoms with van der Waals surface area (Å²) in [5.74, 6) is -0.351. The van der Waals surface area contributed by atoms with Crippen LogP contribution in [0.5, 0.6) is 0 Å². The number of nitrogens with one attached hydrogen (secondary N) is 2. The molecule has 7 nitrogen and oxygen atoms in total. The number of fused-ring (bicyclic) bond motifs is 1. The number of carbonyl (C=O) groups is 2. The summed E-state index contributed by atoms with van der Waals surface area (Å²) in [7, 11) is -3.75. The van der Waals surface area contributed by atoms with Gasteiger partial charge in [-0.1, -0.05) is 12.1 Å². The van der Waals surface area contributed by atoms with E-state index in [0.717, 1.165) is 19.3 Å². The van der Waals surface area contributed by atoms with Gasteiger partial charge in [0.05, 0.1) is 4.90 Å². The van der Waals surface area contributed by atoms with Crippen molar-refractivity contribution >= 4 is 43.9 Å². The van der Waals surface area contributed by atoms with Gasteiger partial charge < -0.3 is 5.32 Å². The largest absolute Gasteiger partial charge is 0.326 e. The lowest BCUT2D eigenvalue weighted by atomic mass is 9.89. The Hall–Kier alpha value is -3.04. The first kappa shape index (κ1) is 22.2. The fourth-order valence-corrected chi connectivity index (χ4v) is 5.46. The maximum Gasteiger partial charge on any atom is 0.263 e. The van der Waals surface area contributed by atoms with Gasteiger partial charge >= 0.3 is 0 Å². The summed E-state index contributed by atoms with van der Waals surface area (Å²) in [6, 6.07) is 11.7. The zero-order valence-corrected chi connectivity index (χ0v) is 19.0. The van der Waals surface area contributed by atoms with Crippen molar-refractivity contribution < 1.29 is 18.0 Å². The van der Waals surface area contributed by atoms with Crippen LogP contribution in [-0.2, 0) is 27.7 Å². The maximum absolute atomic E-state index is 12.5. The van der Waals surface area contributed by atoms with E-state index >= 15 is 0 Å². The minimum atomic E-state index is -3.75. The summed E-state index contributed by atoms with van der Waals surface area (Å²) in [5.41, 5.74) is 3.67. The van der Waals surface area contributed by atoms with E-state index in [-0.39, 0.29) is 34.6 Å². The Morgan fingerprint density at radius 3 is 2.44 bits per heavy atom. The molecule has 32 heavy (non-hydrogen) atoms. The Morgan fingerprint density at radius 2 is 1.72 bits per heavy atom. The quantitative estimate of drug-likeness (QED) is 0.475. The molecule has 0 radical (unpaired) electrons. The summed E-state index contributed by atoms with van der Waals surface area (Å²) in [6.07, 6.45) is 6.09. The number of anilines is 2. The van der Waals surface area contributed by atoms with Gasteiger partial charge in [-0.05, 0) is 67.1 Å². The van der Waals surface area contributed by atoms with E-state index in [2.05, 4.69) is 15.0 Å². The molecule has 1 amide bonds. The van der Waals surface area contributed by atoms with Gasteiger partial charge in [-0.15, -0.1) is 11.3 Å². The third-order valence-electron chi connectivity index (χ3n) is 5.35.